The molecule has 0 spiro atoms. The van der Waals surface area contributed by atoms with Crippen molar-refractivity contribution in [3.8, 4) is 28.4 Å². The number of nitrogens with zero attached hydrogens (tertiary/aromatic N) is 2. The summed E-state index contributed by atoms with van der Waals surface area (Å²) in [5.74, 6) is 3.02. The van der Waals surface area contributed by atoms with Crippen molar-refractivity contribution in [2.75, 3.05) is 40.3 Å². The largest absolute Gasteiger partial charge is 0.496 e. The fraction of sp³-hybridized carbons (Fsp3) is 0.250. The van der Waals surface area contributed by atoms with E-state index in [1.54, 1.807) is 21.3 Å². The Hall–Kier alpha value is -2.95. The van der Waals surface area contributed by atoms with Gasteiger partial charge >= 0.3 is 0 Å². The summed E-state index contributed by atoms with van der Waals surface area (Å²) in [4.78, 5) is 6.65. The molecule has 3 rings (SSSR count). The lowest BCUT2D eigenvalue weighted by Gasteiger charge is -2.20. The van der Waals surface area contributed by atoms with E-state index in [1.807, 2.05) is 61.6 Å². The van der Waals surface area contributed by atoms with Gasteiger partial charge in [-0.05, 0) is 18.2 Å². The molecule has 0 radical (unpaired) electrons. The van der Waals surface area contributed by atoms with E-state index in [9.17, 15) is 0 Å². The summed E-state index contributed by atoms with van der Waals surface area (Å²) in [6, 6.07) is 11.8. The van der Waals surface area contributed by atoms with Gasteiger partial charge in [-0.25, -0.2) is 4.98 Å². The number of benzene rings is 2. The topological polar surface area (TPSA) is 43.8 Å². The molecule has 0 aliphatic heterocycles. The highest BCUT2D eigenvalue weighted by Crippen LogP contribution is 2.45. The molecule has 0 aliphatic rings. The van der Waals surface area contributed by atoms with Crippen LogP contribution in [0.5, 0.6) is 17.2 Å². The average Bonchev–Trinajstić information content (AvgIpc) is 2.65. The summed E-state index contributed by atoms with van der Waals surface area (Å²) in [6.07, 6.45) is 1.86. The Kier molecular flexibility index (Phi) is 4.65. The normalized spacial score (nSPS) is 10.6. The lowest BCUT2D eigenvalue weighted by molar-refractivity contribution is 0.358. The van der Waals surface area contributed by atoms with Crippen LogP contribution in [0, 0.1) is 0 Å². The molecule has 130 valence electrons. The van der Waals surface area contributed by atoms with Crippen LogP contribution in [0.15, 0.2) is 42.6 Å². The number of aromatic nitrogens is 1. The number of fused-ring (bicyclic) bond motifs is 1. The summed E-state index contributed by atoms with van der Waals surface area (Å²) in [5, 5.41) is 1.94. The number of hydrogen-bond acceptors (Lipinski definition) is 5. The smallest absolute Gasteiger partial charge is 0.169 e. The summed E-state index contributed by atoms with van der Waals surface area (Å²) in [7, 11) is 8.91. The van der Waals surface area contributed by atoms with E-state index >= 15 is 0 Å². The zero-order chi connectivity index (χ0) is 18.0. The second-order valence-corrected chi connectivity index (χ2v) is 5.81. The molecular weight excluding hydrogens is 316 g/mol. The van der Waals surface area contributed by atoms with E-state index in [1.165, 1.54) is 0 Å². The van der Waals surface area contributed by atoms with Crippen molar-refractivity contribution in [3.63, 3.8) is 0 Å². The van der Waals surface area contributed by atoms with Gasteiger partial charge in [0.2, 0.25) is 0 Å². The highest BCUT2D eigenvalue weighted by Gasteiger charge is 2.19. The summed E-state index contributed by atoms with van der Waals surface area (Å²) in [6.45, 7) is 0. The molecule has 0 bridgehead atoms. The highest BCUT2D eigenvalue weighted by atomic mass is 16.5. The van der Waals surface area contributed by atoms with Crippen molar-refractivity contribution in [3.05, 3.63) is 42.6 Å². The van der Waals surface area contributed by atoms with Crippen molar-refractivity contribution in [1.82, 2.24) is 4.98 Å². The highest BCUT2D eigenvalue weighted by molar-refractivity contribution is 6.07. The summed E-state index contributed by atoms with van der Waals surface area (Å²) >= 11 is 0. The first-order valence-corrected chi connectivity index (χ1v) is 7.96. The first-order valence-electron chi connectivity index (χ1n) is 7.96. The maximum atomic E-state index is 5.71. The average molecular weight is 338 g/mol. The van der Waals surface area contributed by atoms with Crippen LogP contribution in [0.25, 0.3) is 21.9 Å². The van der Waals surface area contributed by atoms with E-state index in [2.05, 4.69) is 4.98 Å². The number of methoxy groups -OCH3 is 3. The predicted molar refractivity (Wildman–Crippen MR) is 101 cm³/mol. The van der Waals surface area contributed by atoms with Crippen molar-refractivity contribution in [2.24, 2.45) is 0 Å². The Balaban J connectivity index is 2.45. The van der Waals surface area contributed by atoms with Crippen LogP contribution in [-0.2, 0) is 0 Å². The maximum absolute atomic E-state index is 5.71. The number of anilines is 1. The zero-order valence-electron chi connectivity index (χ0n) is 15.2. The molecule has 25 heavy (non-hydrogen) atoms. The van der Waals surface area contributed by atoms with Crippen LogP contribution in [-0.4, -0.2) is 40.4 Å². The second-order valence-electron chi connectivity index (χ2n) is 5.81. The van der Waals surface area contributed by atoms with E-state index < -0.39 is 0 Å². The Morgan fingerprint density at radius 2 is 1.52 bits per heavy atom. The van der Waals surface area contributed by atoms with Crippen molar-refractivity contribution in [2.45, 2.75) is 0 Å². The molecule has 0 amide bonds. The third-order valence-corrected chi connectivity index (χ3v) is 4.19. The number of hydrogen-bond donors (Lipinski definition) is 0. The minimum Gasteiger partial charge on any atom is -0.496 e. The van der Waals surface area contributed by atoms with Gasteiger partial charge < -0.3 is 19.1 Å². The van der Waals surface area contributed by atoms with Gasteiger partial charge in [0, 0.05) is 42.2 Å². The third kappa shape index (κ3) is 2.82. The monoisotopic (exact) mass is 338 g/mol. The summed E-state index contributed by atoms with van der Waals surface area (Å²) in [5.41, 5.74) is 1.90. The van der Waals surface area contributed by atoms with Crippen molar-refractivity contribution >= 4 is 16.6 Å². The molecule has 0 saturated heterocycles. The molecular formula is C20H22N2O3. The standard InChI is InChI=1S/C20H22N2O3/c1-22(2)20-14-10-11-17(24-4)19(25-5)18(14)15(12-21-20)13-8-6-7-9-16(13)23-3/h6-12H,1-5H3. The number of para-hydroxylation sites is 1. The van der Waals surface area contributed by atoms with E-state index in [4.69, 9.17) is 14.2 Å². The zero-order valence-corrected chi connectivity index (χ0v) is 15.2. The van der Waals surface area contributed by atoms with Gasteiger partial charge in [-0.15, -0.1) is 0 Å². The molecule has 3 aromatic rings. The molecule has 0 unspecified atom stereocenters. The number of rotatable bonds is 5. The van der Waals surface area contributed by atoms with Gasteiger partial charge in [0.25, 0.3) is 0 Å². The van der Waals surface area contributed by atoms with Gasteiger partial charge in [0.05, 0.1) is 21.3 Å². The van der Waals surface area contributed by atoms with Crippen molar-refractivity contribution in [1.29, 1.82) is 0 Å². The molecule has 0 saturated carbocycles. The van der Waals surface area contributed by atoms with E-state index in [0.29, 0.717) is 11.5 Å². The fourth-order valence-corrected chi connectivity index (χ4v) is 3.07. The van der Waals surface area contributed by atoms with Crippen LogP contribution < -0.4 is 19.1 Å². The summed E-state index contributed by atoms with van der Waals surface area (Å²) < 4.78 is 16.8. The van der Waals surface area contributed by atoms with Crippen LogP contribution in [0.2, 0.25) is 0 Å². The molecule has 0 N–H and O–H groups in total. The van der Waals surface area contributed by atoms with Gasteiger partial charge in [-0.1, -0.05) is 18.2 Å². The van der Waals surface area contributed by atoms with Crippen LogP contribution in [0.1, 0.15) is 0 Å². The third-order valence-electron chi connectivity index (χ3n) is 4.19. The molecule has 5 nitrogen and oxygen atoms in total. The van der Waals surface area contributed by atoms with Gasteiger partial charge in [0.1, 0.15) is 11.6 Å². The fourth-order valence-electron chi connectivity index (χ4n) is 3.07. The molecule has 1 aromatic heterocycles. The molecule has 0 fully saturated rings. The molecule has 0 aliphatic carbocycles. The SMILES string of the molecule is COc1ccccc1-c1cnc(N(C)C)c2ccc(OC)c(OC)c12. The predicted octanol–water partition coefficient (Wildman–Crippen LogP) is 3.99. The minimum atomic E-state index is 0.682. The van der Waals surface area contributed by atoms with E-state index in [0.717, 1.165) is 33.5 Å². The van der Waals surface area contributed by atoms with Crippen LogP contribution >= 0.6 is 0 Å². The Bertz CT molecular complexity index is 907. The minimum absolute atomic E-state index is 0.682. The molecule has 2 aromatic carbocycles. The van der Waals surface area contributed by atoms with Crippen LogP contribution in [0.4, 0.5) is 5.82 Å². The maximum Gasteiger partial charge on any atom is 0.169 e. The molecule has 5 heteroatoms. The van der Waals surface area contributed by atoms with E-state index in [-0.39, 0.29) is 0 Å². The Labute approximate surface area is 147 Å². The Morgan fingerprint density at radius 3 is 2.16 bits per heavy atom. The lowest BCUT2D eigenvalue weighted by Crippen LogP contribution is -2.11. The van der Waals surface area contributed by atoms with Crippen molar-refractivity contribution < 1.29 is 14.2 Å². The first kappa shape index (κ1) is 16.9. The quantitative estimate of drug-likeness (QED) is 0.704. The Morgan fingerprint density at radius 1 is 0.800 bits per heavy atom. The molecule has 0 atom stereocenters. The van der Waals surface area contributed by atoms with Gasteiger partial charge in [-0.2, -0.15) is 0 Å². The van der Waals surface area contributed by atoms with Gasteiger partial charge in [-0.3, -0.25) is 0 Å². The van der Waals surface area contributed by atoms with Gasteiger partial charge in [0.15, 0.2) is 11.5 Å². The van der Waals surface area contributed by atoms with Crippen LogP contribution in [0.3, 0.4) is 0 Å². The molecule has 1 heterocycles. The number of pyridine rings is 1. The number of ether oxygens (including phenoxy) is 3. The first-order chi connectivity index (χ1) is 12.1. The lowest BCUT2D eigenvalue weighted by atomic mass is 9.98. The second kappa shape index (κ2) is 6.89.